The number of likely N-dealkylation sites (tertiary alicyclic amines) is 1. The number of carbonyl (C=O) groups excluding carboxylic acids is 4. The number of ether oxygens (including phenoxy) is 1. The van der Waals surface area contributed by atoms with Gasteiger partial charge in [-0.1, -0.05) is 0 Å². The van der Waals surface area contributed by atoms with E-state index < -0.39 is 29.5 Å². The molecule has 1 saturated heterocycles. The lowest BCUT2D eigenvalue weighted by molar-refractivity contribution is -0.151. The molecule has 1 aromatic rings. The number of amides is 2. The monoisotopic (exact) mass is 307 g/mol. The number of nitrogens with zero attached hydrogens (tertiary/aromatic N) is 1. The van der Waals surface area contributed by atoms with Gasteiger partial charge in [0.25, 0.3) is 0 Å². The lowest BCUT2D eigenvalue weighted by Gasteiger charge is -2.18. The number of imide groups is 1. The van der Waals surface area contributed by atoms with Gasteiger partial charge in [-0.25, -0.2) is 0 Å². The Labute approximate surface area is 127 Å². The molecule has 0 N–H and O–H groups in total. The Balaban J connectivity index is 2.33. The number of furan rings is 1. The molecule has 2 heterocycles. The average molecular weight is 307 g/mol. The number of hydrogen-bond donors (Lipinski definition) is 0. The normalized spacial score (nSPS) is 19.4. The van der Waals surface area contributed by atoms with E-state index >= 15 is 0 Å². The van der Waals surface area contributed by atoms with Gasteiger partial charge in [0.1, 0.15) is 5.92 Å². The molecule has 2 amide bonds. The summed E-state index contributed by atoms with van der Waals surface area (Å²) in [6.07, 6.45) is 1.12. The van der Waals surface area contributed by atoms with E-state index in [4.69, 9.17) is 9.15 Å². The molecule has 2 atom stereocenters. The molecule has 2 rings (SSSR count). The van der Waals surface area contributed by atoms with Crippen LogP contribution >= 0.6 is 0 Å². The van der Waals surface area contributed by atoms with Crippen molar-refractivity contribution in [3.8, 4) is 0 Å². The quantitative estimate of drug-likeness (QED) is 0.337. The van der Waals surface area contributed by atoms with E-state index in [-0.39, 0.29) is 31.2 Å². The van der Waals surface area contributed by atoms with Crippen LogP contribution in [0.2, 0.25) is 0 Å². The van der Waals surface area contributed by atoms with E-state index in [1.807, 2.05) is 0 Å². The first-order chi connectivity index (χ1) is 10.5. The molecule has 1 aliphatic heterocycles. The van der Waals surface area contributed by atoms with Gasteiger partial charge in [0.05, 0.1) is 18.8 Å². The first-order valence-corrected chi connectivity index (χ1v) is 7.09. The third-order valence-electron chi connectivity index (χ3n) is 3.58. The second-order valence-corrected chi connectivity index (χ2v) is 4.86. The lowest BCUT2D eigenvalue weighted by Crippen LogP contribution is -2.38. The molecule has 1 fully saturated rings. The van der Waals surface area contributed by atoms with Crippen molar-refractivity contribution < 1.29 is 28.3 Å². The van der Waals surface area contributed by atoms with Gasteiger partial charge < -0.3 is 9.15 Å². The molecular formula is C15H17NO6. The molecule has 22 heavy (non-hydrogen) atoms. The minimum Gasteiger partial charge on any atom is -0.465 e. The minimum atomic E-state index is -1.36. The van der Waals surface area contributed by atoms with Crippen LogP contribution in [-0.4, -0.2) is 41.6 Å². The van der Waals surface area contributed by atoms with Crippen LogP contribution in [-0.2, 0) is 19.1 Å². The molecule has 7 nitrogen and oxygen atoms in total. The van der Waals surface area contributed by atoms with E-state index in [1.165, 1.54) is 18.4 Å². The molecule has 0 radical (unpaired) electrons. The van der Waals surface area contributed by atoms with Crippen LogP contribution in [0.4, 0.5) is 0 Å². The Morgan fingerprint density at radius 2 is 2.14 bits per heavy atom. The fourth-order valence-corrected chi connectivity index (χ4v) is 2.56. The van der Waals surface area contributed by atoms with Gasteiger partial charge in [-0.15, -0.1) is 0 Å². The molecule has 1 unspecified atom stereocenters. The Kier molecular flexibility index (Phi) is 4.75. The predicted octanol–water partition coefficient (Wildman–Crippen LogP) is 1.04. The maximum atomic E-state index is 12.5. The van der Waals surface area contributed by atoms with Gasteiger partial charge in [-0.05, 0) is 26.0 Å². The molecule has 7 heteroatoms. The van der Waals surface area contributed by atoms with Crippen LogP contribution in [0.1, 0.15) is 30.8 Å². The zero-order valence-electron chi connectivity index (χ0n) is 12.4. The maximum Gasteiger partial charge on any atom is 0.317 e. The Hall–Kier alpha value is -2.44. The highest BCUT2D eigenvalue weighted by Crippen LogP contribution is 2.30. The number of hydrogen-bond acceptors (Lipinski definition) is 6. The highest BCUT2D eigenvalue weighted by Gasteiger charge is 2.49. The molecule has 1 aromatic heterocycles. The first-order valence-electron chi connectivity index (χ1n) is 7.09. The van der Waals surface area contributed by atoms with Gasteiger partial charge in [-0.2, -0.15) is 0 Å². The van der Waals surface area contributed by atoms with E-state index in [9.17, 15) is 19.2 Å². The van der Waals surface area contributed by atoms with Crippen LogP contribution in [0.15, 0.2) is 22.8 Å². The summed E-state index contributed by atoms with van der Waals surface area (Å²) in [5.74, 6) is -4.80. The summed E-state index contributed by atoms with van der Waals surface area (Å²) in [6.45, 7) is 3.55. The van der Waals surface area contributed by atoms with Gasteiger partial charge in [0.15, 0.2) is 5.76 Å². The average Bonchev–Trinajstić information content (AvgIpc) is 3.09. The largest absolute Gasteiger partial charge is 0.465 e. The fourth-order valence-electron chi connectivity index (χ4n) is 2.56. The maximum absolute atomic E-state index is 12.5. The Bertz CT molecular complexity index is 591. The second-order valence-electron chi connectivity index (χ2n) is 4.86. The SMILES string of the molecule is CCOC(=O)C(C(=O)c1ccco1)[C@H]1CC(=O)N(CC)C1=O. The summed E-state index contributed by atoms with van der Waals surface area (Å²) >= 11 is 0. The molecule has 0 saturated carbocycles. The first kappa shape index (κ1) is 15.9. The van der Waals surface area contributed by atoms with Gasteiger partial charge >= 0.3 is 5.97 Å². The molecule has 0 aromatic carbocycles. The summed E-state index contributed by atoms with van der Waals surface area (Å²) in [5.41, 5.74) is 0. The van der Waals surface area contributed by atoms with Crippen molar-refractivity contribution in [1.29, 1.82) is 0 Å². The summed E-state index contributed by atoms with van der Waals surface area (Å²) in [4.78, 5) is 49.8. The van der Waals surface area contributed by atoms with E-state index in [0.29, 0.717) is 0 Å². The third kappa shape index (κ3) is 2.79. The zero-order chi connectivity index (χ0) is 16.3. The third-order valence-corrected chi connectivity index (χ3v) is 3.58. The zero-order valence-corrected chi connectivity index (χ0v) is 12.4. The lowest BCUT2D eigenvalue weighted by atomic mass is 9.86. The summed E-state index contributed by atoms with van der Waals surface area (Å²) in [6, 6.07) is 2.92. The van der Waals surface area contributed by atoms with Crippen molar-refractivity contribution >= 4 is 23.6 Å². The number of carbonyl (C=O) groups is 4. The van der Waals surface area contributed by atoms with Crippen molar-refractivity contribution in [3.63, 3.8) is 0 Å². The predicted molar refractivity (Wildman–Crippen MR) is 73.7 cm³/mol. The second kappa shape index (κ2) is 6.55. The standard InChI is InChI=1S/C15H17NO6/c1-3-16-11(17)8-9(14(16)19)12(15(20)21-4-2)13(18)10-6-5-7-22-10/h5-7,9,12H,3-4,8H2,1-2H3/t9-,12?/m1/s1. The van der Waals surface area contributed by atoms with Gasteiger partial charge in [0, 0.05) is 13.0 Å². The van der Waals surface area contributed by atoms with E-state index in [1.54, 1.807) is 13.8 Å². The van der Waals surface area contributed by atoms with Crippen molar-refractivity contribution in [3.05, 3.63) is 24.2 Å². The van der Waals surface area contributed by atoms with Gasteiger partial charge in [0.2, 0.25) is 17.6 Å². The highest BCUT2D eigenvalue weighted by molar-refractivity contribution is 6.13. The Morgan fingerprint density at radius 3 is 2.64 bits per heavy atom. The molecule has 0 bridgehead atoms. The number of rotatable bonds is 6. The fraction of sp³-hybridized carbons (Fsp3) is 0.467. The van der Waals surface area contributed by atoms with E-state index in [0.717, 1.165) is 4.90 Å². The smallest absolute Gasteiger partial charge is 0.317 e. The molecule has 0 aliphatic carbocycles. The minimum absolute atomic E-state index is 0.0340. The topological polar surface area (TPSA) is 93.9 Å². The Morgan fingerprint density at radius 1 is 1.41 bits per heavy atom. The van der Waals surface area contributed by atoms with Crippen LogP contribution in [0.25, 0.3) is 0 Å². The van der Waals surface area contributed by atoms with Crippen LogP contribution in [0.3, 0.4) is 0 Å². The number of Topliss-reactive ketones (excluding diaryl/α,β-unsaturated/α-hetero) is 1. The highest BCUT2D eigenvalue weighted by atomic mass is 16.5. The van der Waals surface area contributed by atoms with Gasteiger partial charge in [-0.3, -0.25) is 24.1 Å². The summed E-state index contributed by atoms with van der Waals surface area (Å²) in [7, 11) is 0. The number of esters is 1. The van der Waals surface area contributed by atoms with Crippen molar-refractivity contribution in [2.75, 3.05) is 13.2 Å². The van der Waals surface area contributed by atoms with E-state index in [2.05, 4.69) is 0 Å². The summed E-state index contributed by atoms with van der Waals surface area (Å²) in [5, 5.41) is 0. The van der Waals surface area contributed by atoms with Crippen molar-refractivity contribution in [1.82, 2.24) is 4.90 Å². The van der Waals surface area contributed by atoms with Crippen LogP contribution < -0.4 is 0 Å². The van der Waals surface area contributed by atoms with Crippen molar-refractivity contribution in [2.45, 2.75) is 20.3 Å². The van der Waals surface area contributed by atoms with Crippen LogP contribution in [0.5, 0.6) is 0 Å². The van der Waals surface area contributed by atoms with Crippen molar-refractivity contribution in [2.24, 2.45) is 11.8 Å². The number of ketones is 1. The molecular weight excluding hydrogens is 290 g/mol. The summed E-state index contributed by atoms with van der Waals surface area (Å²) < 4.78 is 9.92. The molecule has 118 valence electrons. The molecule has 0 spiro atoms. The molecule has 1 aliphatic rings. The van der Waals surface area contributed by atoms with Crippen LogP contribution in [0, 0.1) is 11.8 Å².